The third kappa shape index (κ3) is 16.3. The van der Waals surface area contributed by atoms with Crippen molar-refractivity contribution in [3.05, 3.63) is 0 Å². The molecule has 0 aliphatic rings. The topological polar surface area (TPSA) is 383 Å². The number of rotatable bonds is 23. The van der Waals surface area contributed by atoms with Crippen LogP contribution >= 0.6 is 0 Å². The van der Waals surface area contributed by atoms with Crippen molar-refractivity contribution in [1.29, 1.82) is 0 Å². The Kier molecular flexibility index (Phi) is 20.7. The van der Waals surface area contributed by atoms with Crippen molar-refractivity contribution < 1.29 is 59.1 Å². The van der Waals surface area contributed by atoms with Crippen LogP contribution in [0.5, 0.6) is 0 Å². The van der Waals surface area contributed by atoms with E-state index in [4.69, 9.17) is 17.2 Å². The standard InChI is InChI=1S/C27H50N10O12/c1-4-12(2)19(28)25(47)36-17(11-40)24(46)35-15(9-38)21(43)32-8-18(42)33-16(10-39)23(45)34-14(6-5-7-31-27(29)30)22(44)37-20(13(3)41)26(48)49/h12-17,19-20,38-41H,4-11,28H2,1-3H3,(H,32,43)(H,33,42)(H,34,45)(H,35,46)(H,36,47)(H,37,44)(H,48,49)(H4,29,30,31)/t12-,13+,14-,15-,16-,17-,19-,20-/m0/s1. The zero-order valence-electron chi connectivity index (χ0n) is 27.5. The molecule has 6 amide bonds. The van der Waals surface area contributed by atoms with Gasteiger partial charge in [0.1, 0.15) is 24.2 Å². The van der Waals surface area contributed by atoms with Crippen LogP contribution in [-0.2, 0) is 33.6 Å². The van der Waals surface area contributed by atoms with E-state index in [1.54, 1.807) is 13.8 Å². The zero-order chi connectivity index (χ0) is 37.8. The lowest BCUT2D eigenvalue weighted by Crippen LogP contribution is -2.59. The molecule has 0 saturated carbocycles. The number of carboxylic acid groups (broad SMARTS) is 1. The summed E-state index contributed by atoms with van der Waals surface area (Å²) in [5, 5.41) is 60.8. The second-order valence-corrected chi connectivity index (χ2v) is 11.0. The molecule has 0 aliphatic heterocycles. The van der Waals surface area contributed by atoms with E-state index >= 15 is 0 Å². The summed E-state index contributed by atoms with van der Waals surface area (Å²) < 4.78 is 0. The second-order valence-electron chi connectivity index (χ2n) is 11.0. The minimum atomic E-state index is -1.73. The van der Waals surface area contributed by atoms with Crippen molar-refractivity contribution in [2.24, 2.45) is 28.1 Å². The number of carbonyl (C=O) groups excluding carboxylic acids is 6. The maximum absolute atomic E-state index is 12.9. The maximum atomic E-state index is 12.9. The van der Waals surface area contributed by atoms with Crippen LogP contribution in [0.1, 0.15) is 40.0 Å². The van der Waals surface area contributed by atoms with Crippen LogP contribution in [0.3, 0.4) is 0 Å². The van der Waals surface area contributed by atoms with Gasteiger partial charge >= 0.3 is 5.97 Å². The number of amides is 6. The number of aliphatic hydroxyl groups is 4. The van der Waals surface area contributed by atoms with Gasteiger partial charge in [-0.3, -0.25) is 33.8 Å². The smallest absolute Gasteiger partial charge is 0.328 e. The van der Waals surface area contributed by atoms with Gasteiger partial charge in [-0.15, -0.1) is 0 Å². The van der Waals surface area contributed by atoms with Gasteiger partial charge in [-0.25, -0.2) is 4.79 Å². The fraction of sp³-hybridized carbons (Fsp3) is 0.704. The van der Waals surface area contributed by atoms with Crippen LogP contribution in [0, 0.1) is 5.92 Å². The molecule has 0 heterocycles. The van der Waals surface area contributed by atoms with Crippen molar-refractivity contribution in [2.75, 3.05) is 32.9 Å². The summed E-state index contributed by atoms with van der Waals surface area (Å²) in [5.41, 5.74) is 16.4. The van der Waals surface area contributed by atoms with Crippen LogP contribution in [0.4, 0.5) is 0 Å². The molecule has 49 heavy (non-hydrogen) atoms. The van der Waals surface area contributed by atoms with Gasteiger partial charge in [0, 0.05) is 6.54 Å². The summed E-state index contributed by atoms with van der Waals surface area (Å²) in [6.07, 6.45) is -0.964. The van der Waals surface area contributed by atoms with E-state index in [0.717, 1.165) is 6.92 Å². The van der Waals surface area contributed by atoms with Crippen LogP contribution in [0.2, 0.25) is 0 Å². The molecule has 0 unspecified atom stereocenters. The Morgan fingerprint density at radius 3 is 1.65 bits per heavy atom. The van der Waals surface area contributed by atoms with Crippen LogP contribution in [-0.4, -0.2) is 148 Å². The first-order valence-corrected chi connectivity index (χ1v) is 15.3. The minimum Gasteiger partial charge on any atom is -0.480 e. The molecule has 0 aromatic rings. The molecule has 280 valence electrons. The predicted octanol–water partition coefficient (Wildman–Crippen LogP) is -7.60. The van der Waals surface area contributed by atoms with Crippen LogP contribution in [0.15, 0.2) is 4.99 Å². The lowest BCUT2D eigenvalue weighted by Gasteiger charge is -2.25. The summed E-state index contributed by atoms with van der Waals surface area (Å²) in [5.74, 6) is -8.00. The molecule has 0 aliphatic carbocycles. The van der Waals surface area contributed by atoms with Gasteiger partial charge in [-0.05, 0) is 25.7 Å². The average Bonchev–Trinajstić information content (AvgIpc) is 3.05. The summed E-state index contributed by atoms with van der Waals surface area (Å²) in [6, 6.07) is -8.97. The number of carbonyl (C=O) groups is 7. The van der Waals surface area contributed by atoms with Gasteiger partial charge in [0.15, 0.2) is 12.0 Å². The molecule has 0 rings (SSSR count). The Morgan fingerprint density at radius 2 is 1.18 bits per heavy atom. The normalized spacial score (nSPS) is 15.8. The molecular weight excluding hydrogens is 656 g/mol. The first kappa shape index (κ1) is 44.4. The summed E-state index contributed by atoms with van der Waals surface area (Å²) in [4.78, 5) is 90.7. The average molecular weight is 707 g/mol. The number of nitrogens with zero attached hydrogens (tertiary/aromatic N) is 1. The highest BCUT2D eigenvalue weighted by atomic mass is 16.4. The van der Waals surface area contributed by atoms with Gasteiger partial charge in [-0.2, -0.15) is 0 Å². The summed E-state index contributed by atoms with van der Waals surface area (Å²) in [7, 11) is 0. The highest BCUT2D eigenvalue weighted by molar-refractivity contribution is 5.96. The molecule has 17 N–H and O–H groups in total. The molecule has 8 atom stereocenters. The molecule has 0 fully saturated rings. The number of hydrogen-bond acceptors (Lipinski definition) is 13. The number of hydrogen-bond donors (Lipinski definition) is 14. The highest BCUT2D eigenvalue weighted by Crippen LogP contribution is 2.06. The number of carboxylic acids is 1. The molecule has 0 aromatic heterocycles. The molecule has 0 bridgehead atoms. The van der Waals surface area contributed by atoms with Gasteiger partial charge < -0.3 is 74.6 Å². The van der Waals surface area contributed by atoms with E-state index in [1.165, 1.54) is 0 Å². The number of nitrogens with one attached hydrogen (secondary N) is 6. The Balaban J connectivity index is 5.38. The fourth-order valence-corrected chi connectivity index (χ4v) is 3.86. The quantitative estimate of drug-likeness (QED) is 0.0266. The van der Waals surface area contributed by atoms with Crippen molar-refractivity contribution in [2.45, 2.75) is 82.4 Å². The first-order chi connectivity index (χ1) is 22.9. The van der Waals surface area contributed by atoms with Gasteiger partial charge in [0.25, 0.3) is 0 Å². The number of guanidine groups is 1. The van der Waals surface area contributed by atoms with E-state index in [1.807, 2.05) is 0 Å². The lowest BCUT2D eigenvalue weighted by atomic mass is 9.99. The van der Waals surface area contributed by atoms with Crippen LogP contribution in [0.25, 0.3) is 0 Å². The first-order valence-electron chi connectivity index (χ1n) is 15.3. The molecule has 0 saturated heterocycles. The Hall–Kier alpha value is -4.64. The Morgan fingerprint density at radius 1 is 0.714 bits per heavy atom. The van der Waals surface area contributed by atoms with Crippen LogP contribution < -0.4 is 49.1 Å². The lowest BCUT2D eigenvalue weighted by molar-refractivity contribution is -0.145. The van der Waals surface area contributed by atoms with E-state index in [9.17, 15) is 59.1 Å². The highest BCUT2D eigenvalue weighted by Gasteiger charge is 2.32. The molecule has 0 radical (unpaired) electrons. The monoisotopic (exact) mass is 706 g/mol. The third-order valence-corrected chi connectivity index (χ3v) is 7.07. The van der Waals surface area contributed by atoms with Crippen molar-refractivity contribution in [1.82, 2.24) is 31.9 Å². The number of aliphatic hydroxyl groups excluding tert-OH is 4. The summed E-state index contributed by atoms with van der Waals surface area (Å²) >= 11 is 0. The Bertz CT molecular complexity index is 1170. The fourth-order valence-electron chi connectivity index (χ4n) is 3.86. The largest absolute Gasteiger partial charge is 0.480 e. The van der Waals surface area contributed by atoms with Crippen molar-refractivity contribution in [3.8, 4) is 0 Å². The number of nitrogens with two attached hydrogens (primary N) is 3. The Labute approximate surface area is 282 Å². The van der Waals surface area contributed by atoms with Crippen molar-refractivity contribution >= 4 is 47.4 Å². The van der Waals surface area contributed by atoms with E-state index in [0.29, 0.717) is 6.42 Å². The maximum Gasteiger partial charge on any atom is 0.328 e. The second kappa shape index (κ2) is 22.8. The van der Waals surface area contributed by atoms with Gasteiger partial charge in [-0.1, -0.05) is 20.3 Å². The number of aliphatic carboxylic acids is 1. The molecular formula is C27H50N10O12. The van der Waals surface area contributed by atoms with E-state index in [-0.39, 0.29) is 31.3 Å². The molecule has 0 spiro atoms. The van der Waals surface area contributed by atoms with Gasteiger partial charge in [0.2, 0.25) is 35.4 Å². The van der Waals surface area contributed by atoms with E-state index in [2.05, 4.69) is 36.9 Å². The molecule has 22 heteroatoms. The summed E-state index contributed by atoms with van der Waals surface area (Å²) in [6.45, 7) is 1.03. The predicted molar refractivity (Wildman–Crippen MR) is 171 cm³/mol. The third-order valence-electron chi connectivity index (χ3n) is 7.07. The van der Waals surface area contributed by atoms with Gasteiger partial charge in [0.05, 0.1) is 38.5 Å². The number of aliphatic imine (C=N–C) groups is 1. The van der Waals surface area contributed by atoms with E-state index < -0.39 is 110 Å². The SMILES string of the molecule is CC[C@H](C)[C@H](N)C(=O)N[C@@H](CO)C(=O)N[C@@H](CO)C(=O)NCC(=O)N[C@@H](CO)C(=O)N[C@@H](CCCN=C(N)N)C(=O)N[C@H](C(=O)O)[C@@H](C)O. The molecule has 0 aromatic carbocycles. The zero-order valence-corrected chi connectivity index (χ0v) is 27.5. The minimum absolute atomic E-state index is 0.0254. The molecule has 22 nitrogen and oxygen atoms in total. The van der Waals surface area contributed by atoms with Crippen molar-refractivity contribution in [3.63, 3.8) is 0 Å².